The zero-order valence-corrected chi connectivity index (χ0v) is 12.4. The molecule has 3 rings (SSSR count). The van der Waals surface area contributed by atoms with Gasteiger partial charge in [-0.3, -0.25) is 4.79 Å². The van der Waals surface area contributed by atoms with Crippen molar-refractivity contribution >= 4 is 5.91 Å². The number of imidazole rings is 1. The van der Waals surface area contributed by atoms with Gasteiger partial charge < -0.3 is 14.2 Å². The van der Waals surface area contributed by atoms with Crippen molar-refractivity contribution in [3.8, 4) is 0 Å². The number of rotatable bonds is 3. The number of carbonyl (C=O) groups excluding carboxylic acids is 1. The average Bonchev–Trinajstić information content (AvgIpc) is 2.90. The molecule has 21 heavy (non-hydrogen) atoms. The predicted octanol–water partition coefficient (Wildman–Crippen LogP) is 1.99. The standard InChI is InChI=1S/C16H19N3O2/c1-12-3-5-13(6-4-12)16(20)18-7-8-19-11-17-14(10-21-2)15(19)9-18/h3-6,11H,7-10H2,1-2H3. The Morgan fingerprint density at radius 1 is 1.29 bits per heavy atom. The monoisotopic (exact) mass is 285 g/mol. The molecule has 0 N–H and O–H groups in total. The Morgan fingerprint density at radius 3 is 2.76 bits per heavy atom. The normalized spacial score (nSPS) is 14.1. The lowest BCUT2D eigenvalue weighted by Gasteiger charge is -2.29. The maximum atomic E-state index is 12.6. The number of carbonyl (C=O) groups is 1. The topological polar surface area (TPSA) is 47.4 Å². The average molecular weight is 285 g/mol. The Morgan fingerprint density at radius 2 is 2.05 bits per heavy atom. The van der Waals surface area contributed by atoms with Gasteiger partial charge >= 0.3 is 0 Å². The molecule has 1 aromatic heterocycles. The van der Waals surface area contributed by atoms with Crippen LogP contribution in [0, 0.1) is 6.92 Å². The van der Waals surface area contributed by atoms with Crippen molar-refractivity contribution < 1.29 is 9.53 Å². The molecule has 5 nitrogen and oxygen atoms in total. The minimum Gasteiger partial charge on any atom is -0.378 e. The first-order valence-electron chi connectivity index (χ1n) is 7.07. The highest BCUT2D eigenvalue weighted by molar-refractivity contribution is 5.94. The van der Waals surface area contributed by atoms with Crippen LogP contribution in [0.5, 0.6) is 0 Å². The molecule has 5 heteroatoms. The number of fused-ring (bicyclic) bond motifs is 1. The van der Waals surface area contributed by atoms with Crippen LogP contribution >= 0.6 is 0 Å². The van der Waals surface area contributed by atoms with Crippen LogP contribution in [0.2, 0.25) is 0 Å². The Hall–Kier alpha value is -2.14. The Kier molecular flexibility index (Phi) is 3.75. The number of hydrogen-bond acceptors (Lipinski definition) is 3. The first-order valence-corrected chi connectivity index (χ1v) is 7.07. The van der Waals surface area contributed by atoms with Gasteiger partial charge in [0.2, 0.25) is 0 Å². The van der Waals surface area contributed by atoms with Crippen molar-refractivity contribution in [3.05, 3.63) is 53.1 Å². The zero-order valence-electron chi connectivity index (χ0n) is 12.4. The number of benzene rings is 1. The van der Waals surface area contributed by atoms with E-state index in [2.05, 4.69) is 9.55 Å². The summed E-state index contributed by atoms with van der Waals surface area (Å²) < 4.78 is 7.27. The lowest BCUT2D eigenvalue weighted by Crippen LogP contribution is -2.38. The summed E-state index contributed by atoms with van der Waals surface area (Å²) >= 11 is 0. The van der Waals surface area contributed by atoms with E-state index in [1.165, 1.54) is 0 Å². The molecular formula is C16H19N3O2. The third-order valence-corrected chi connectivity index (χ3v) is 3.85. The molecule has 1 amide bonds. The van der Waals surface area contributed by atoms with E-state index < -0.39 is 0 Å². The van der Waals surface area contributed by atoms with E-state index in [-0.39, 0.29) is 5.91 Å². The minimum atomic E-state index is 0.0748. The second-order valence-corrected chi connectivity index (χ2v) is 5.36. The molecule has 0 radical (unpaired) electrons. The molecule has 2 aromatic rings. The van der Waals surface area contributed by atoms with E-state index in [1.807, 2.05) is 42.4 Å². The van der Waals surface area contributed by atoms with Crippen LogP contribution in [0.4, 0.5) is 0 Å². The third kappa shape index (κ3) is 2.69. The fourth-order valence-corrected chi connectivity index (χ4v) is 2.62. The van der Waals surface area contributed by atoms with Gasteiger partial charge in [0.1, 0.15) is 0 Å². The first kappa shape index (κ1) is 13.8. The maximum Gasteiger partial charge on any atom is 0.254 e. The second kappa shape index (κ2) is 5.69. The smallest absolute Gasteiger partial charge is 0.254 e. The molecule has 0 aliphatic carbocycles. The summed E-state index contributed by atoms with van der Waals surface area (Å²) in [5.41, 5.74) is 3.88. The molecule has 0 saturated heterocycles. The molecular weight excluding hydrogens is 266 g/mol. The van der Waals surface area contributed by atoms with E-state index in [0.717, 1.165) is 29.1 Å². The van der Waals surface area contributed by atoms with Crippen LogP contribution in [-0.2, 0) is 24.4 Å². The summed E-state index contributed by atoms with van der Waals surface area (Å²) in [7, 11) is 1.66. The van der Waals surface area contributed by atoms with Gasteiger partial charge in [0.05, 0.1) is 30.9 Å². The van der Waals surface area contributed by atoms with Crippen LogP contribution in [0.1, 0.15) is 27.3 Å². The van der Waals surface area contributed by atoms with Crippen molar-refractivity contribution in [2.75, 3.05) is 13.7 Å². The van der Waals surface area contributed by atoms with Crippen molar-refractivity contribution in [2.24, 2.45) is 0 Å². The number of amides is 1. The number of aromatic nitrogens is 2. The fourth-order valence-electron chi connectivity index (χ4n) is 2.62. The summed E-state index contributed by atoms with van der Waals surface area (Å²) in [6.45, 7) is 4.58. The second-order valence-electron chi connectivity index (χ2n) is 5.36. The zero-order chi connectivity index (χ0) is 14.8. The van der Waals surface area contributed by atoms with Crippen LogP contribution in [0.25, 0.3) is 0 Å². The lowest BCUT2D eigenvalue weighted by atomic mass is 10.1. The highest BCUT2D eigenvalue weighted by atomic mass is 16.5. The van der Waals surface area contributed by atoms with Crippen LogP contribution < -0.4 is 0 Å². The quantitative estimate of drug-likeness (QED) is 0.866. The van der Waals surface area contributed by atoms with E-state index in [1.54, 1.807) is 7.11 Å². The van der Waals surface area contributed by atoms with E-state index in [0.29, 0.717) is 19.7 Å². The summed E-state index contributed by atoms with van der Waals surface area (Å²) in [4.78, 5) is 18.8. The van der Waals surface area contributed by atoms with Crippen molar-refractivity contribution in [2.45, 2.75) is 26.6 Å². The number of hydrogen-bond donors (Lipinski definition) is 0. The fraction of sp³-hybridized carbons (Fsp3) is 0.375. The molecule has 0 atom stereocenters. The Bertz CT molecular complexity index is 646. The van der Waals surface area contributed by atoms with Crippen molar-refractivity contribution in [3.63, 3.8) is 0 Å². The van der Waals surface area contributed by atoms with Crippen LogP contribution in [-0.4, -0.2) is 34.0 Å². The van der Waals surface area contributed by atoms with Crippen molar-refractivity contribution in [1.29, 1.82) is 0 Å². The van der Waals surface area contributed by atoms with Gasteiger partial charge in [0.15, 0.2) is 0 Å². The SMILES string of the molecule is COCc1ncn2c1CN(C(=O)c1ccc(C)cc1)CC2. The molecule has 0 spiro atoms. The van der Waals surface area contributed by atoms with Gasteiger partial charge in [-0.1, -0.05) is 17.7 Å². The Balaban J connectivity index is 1.80. The Labute approximate surface area is 124 Å². The maximum absolute atomic E-state index is 12.6. The van der Waals surface area contributed by atoms with Crippen LogP contribution in [0.3, 0.4) is 0 Å². The predicted molar refractivity (Wildman–Crippen MR) is 78.9 cm³/mol. The highest BCUT2D eigenvalue weighted by Crippen LogP contribution is 2.19. The molecule has 1 aliphatic heterocycles. The summed E-state index contributed by atoms with van der Waals surface area (Å²) in [6.07, 6.45) is 1.83. The molecule has 0 bridgehead atoms. The van der Waals surface area contributed by atoms with Gasteiger partial charge in [0.25, 0.3) is 5.91 Å². The van der Waals surface area contributed by atoms with E-state index >= 15 is 0 Å². The summed E-state index contributed by atoms with van der Waals surface area (Å²) in [5, 5.41) is 0. The lowest BCUT2D eigenvalue weighted by molar-refractivity contribution is 0.0708. The molecule has 1 aromatic carbocycles. The number of nitrogens with zero attached hydrogens (tertiary/aromatic N) is 3. The number of methoxy groups -OCH3 is 1. The third-order valence-electron chi connectivity index (χ3n) is 3.85. The summed E-state index contributed by atoms with van der Waals surface area (Å²) in [6, 6.07) is 7.72. The molecule has 110 valence electrons. The largest absolute Gasteiger partial charge is 0.378 e. The molecule has 0 fully saturated rings. The van der Waals surface area contributed by atoms with Crippen LogP contribution in [0.15, 0.2) is 30.6 Å². The first-order chi connectivity index (χ1) is 10.2. The van der Waals surface area contributed by atoms with Gasteiger partial charge in [0, 0.05) is 25.8 Å². The van der Waals surface area contributed by atoms with E-state index in [4.69, 9.17) is 4.74 Å². The molecule has 2 heterocycles. The minimum absolute atomic E-state index is 0.0748. The molecule has 0 saturated carbocycles. The molecule has 0 unspecified atom stereocenters. The van der Waals surface area contributed by atoms with Gasteiger partial charge in [-0.25, -0.2) is 4.98 Å². The van der Waals surface area contributed by atoms with Gasteiger partial charge in [-0.05, 0) is 19.1 Å². The molecule has 1 aliphatic rings. The summed E-state index contributed by atoms with van der Waals surface area (Å²) in [5.74, 6) is 0.0748. The van der Waals surface area contributed by atoms with Gasteiger partial charge in [-0.2, -0.15) is 0 Å². The number of aryl methyl sites for hydroxylation is 1. The number of ether oxygens (including phenoxy) is 1. The van der Waals surface area contributed by atoms with E-state index in [9.17, 15) is 4.79 Å². The van der Waals surface area contributed by atoms with Crippen molar-refractivity contribution in [1.82, 2.24) is 14.5 Å². The highest BCUT2D eigenvalue weighted by Gasteiger charge is 2.24. The van der Waals surface area contributed by atoms with Gasteiger partial charge in [-0.15, -0.1) is 0 Å².